The van der Waals surface area contributed by atoms with Crippen LogP contribution in [0.5, 0.6) is 17.2 Å². The molecule has 19 heteroatoms. The van der Waals surface area contributed by atoms with Crippen LogP contribution in [0.2, 0.25) is 10.0 Å². The number of nitrogens with zero attached hydrogens (tertiary/aromatic N) is 1. The average molecular weight is 763 g/mol. The molecule has 0 unspecified atom stereocenters. The molecule has 1 saturated carbocycles. The summed E-state index contributed by atoms with van der Waals surface area (Å²) in [4.78, 5) is 37.0. The van der Waals surface area contributed by atoms with E-state index in [1.54, 1.807) is 0 Å². The maximum absolute atomic E-state index is 13.1. The number of esters is 2. The van der Waals surface area contributed by atoms with Crippen LogP contribution >= 0.6 is 23.2 Å². The van der Waals surface area contributed by atoms with E-state index in [2.05, 4.69) is 9.46 Å². The lowest BCUT2D eigenvalue weighted by Crippen LogP contribution is -2.26. The molecule has 0 aliphatic heterocycles. The second-order valence-electron chi connectivity index (χ2n) is 10.9. The molecule has 14 nitrogen and oxygen atoms in total. The van der Waals surface area contributed by atoms with Crippen LogP contribution < -0.4 is 29.4 Å². The first-order valence-corrected chi connectivity index (χ1v) is 17.2. The minimum Gasteiger partial charge on any atom is -0.619 e. The highest BCUT2D eigenvalue weighted by molar-refractivity contribution is 7.92. The lowest BCUT2D eigenvalue weighted by Gasteiger charge is -2.21. The zero-order valence-corrected chi connectivity index (χ0v) is 28.6. The Bertz CT molecular complexity index is 1820. The van der Waals surface area contributed by atoms with E-state index in [4.69, 9.17) is 47.9 Å². The minimum absolute atomic E-state index is 0.0367. The van der Waals surface area contributed by atoms with Crippen molar-refractivity contribution in [3.05, 3.63) is 80.7 Å². The monoisotopic (exact) mass is 761 g/mol. The quantitative estimate of drug-likeness (QED) is 0.106. The number of halogens is 4. The van der Waals surface area contributed by atoms with Crippen LogP contribution in [0.1, 0.15) is 46.9 Å². The lowest BCUT2D eigenvalue weighted by atomic mass is 10.0. The Morgan fingerprint density at radius 1 is 1.06 bits per heavy atom. The Balaban J connectivity index is 1.54. The molecule has 1 aromatic heterocycles. The summed E-state index contributed by atoms with van der Waals surface area (Å²) in [6, 6.07) is 7.56. The molecule has 0 spiro atoms. The Hall–Kier alpha value is -4.61. The first kappa shape index (κ1) is 38.2. The molecule has 1 aliphatic carbocycles. The molecule has 1 heterocycles. The number of hydrogen-bond acceptors (Lipinski definition) is 11. The number of ether oxygens (including phenoxy) is 5. The molecule has 50 heavy (non-hydrogen) atoms. The number of alkyl halides is 2. The van der Waals surface area contributed by atoms with Crippen molar-refractivity contribution in [3.63, 3.8) is 0 Å². The van der Waals surface area contributed by atoms with Gasteiger partial charge in [-0.2, -0.15) is 13.5 Å². The average Bonchev–Trinajstić information content (AvgIpc) is 3.87. The van der Waals surface area contributed by atoms with Gasteiger partial charge in [0.05, 0.1) is 30.7 Å². The van der Waals surface area contributed by atoms with Crippen molar-refractivity contribution in [1.82, 2.24) is 0 Å². The highest BCUT2D eigenvalue weighted by Crippen LogP contribution is 2.38. The summed E-state index contributed by atoms with van der Waals surface area (Å²) in [7, 11) is -2.81. The number of methoxy groups -OCH3 is 1. The van der Waals surface area contributed by atoms with E-state index < -0.39 is 59.4 Å². The molecule has 0 bridgehead atoms. The van der Waals surface area contributed by atoms with Crippen LogP contribution in [0.15, 0.2) is 48.8 Å². The highest BCUT2D eigenvalue weighted by Gasteiger charge is 2.27. The van der Waals surface area contributed by atoms with E-state index >= 15 is 0 Å². The van der Waals surface area contributed by atoms with Crippen LogP contribution in [-0.2, 0) is 35.5 Å². The number of amides is 1. The fraction of sp³-hybridized carbons (Fsp3) is 0.355. The number of carbonyl (C=O) groups excluding carboxylic acids is 3. The summed E-state index contributed by atoms with van der Waals surface area (Å²) in [6.45, 7) is -3.82. The van der Waals surface area contributed by atoms with Crippen LogP contribution in [0, 0.1) is 11.1 Å². The Labute approximate surface area is 294 Å². The zero-order chi connectivity index (χ0) is 36.6. The highest BCUT2D eigenvalue weighted by atomic mass is 35.5. The molecule has 4 rings (SSSR count). The van der Waals surface area contributed by atoms with E-state index in [9.17, 15) is 36.8 Å². The smallest absolute Gasteiger partial charge is 0.387 e. The molecule has 1 amide bonds. The van der Waals surface area contributed by atoms with E-state index in [-0.39, 0.29) is 68.6 Å². The first-order chi connectivity index (χ1) is 23.6. The summed E-state index contributed by atoms with van der Waals surface area (Å²) < 4.78 is 79.9. The second-order valence-corrected chi connectivity index (χ2v) is 13.6. The standard InChI is InChI=1S/C31H31Cl2F2N3O11S/c1-45-24-6-5-19(10-23(24)37-50(43,44)9-8-28(36)39)30(41)47-16-29(40)48-26(12-20-21(32)13-38(42)14-22(20)33)18-4-7-25(49-31(34)35)27(11-18)46-15-17-2-3-17/h4-7,10-11,13-14,17,26,31,37H,2-3,8-9,12,15-16H2,1H3,(H2,36,39)/t26-/m0/s1. The number of rotatable bonds is 18. The van der Waals surface area contributed by atoms with Crippen molar-refractivity contribution in [2.24, 2.45) is 11.7 Å². The first-order valence-electron chi connectivity index (χ1n) is 14.8. The molecule has 0 radical (unpaired) electrons. The fourth-order valence-corrected chi connectivity index (χ4v) is 6.10. The third kappa shape index (κ3) is 11.2. The zero-order valence-electron chi connectivity index (χ0n) is 26.2. The summed E-state index contributed by atoms with van der Waals surface area (Å²) in [6.07, 6.45) is 2.03. The van der Waals surface area contributed by atoms with Gasteiger partial charge in [0.25, 0.3) is 0 Å². The van der Waals surface area contributed by atoms with Crippen molar-refractivity contribution in [3.8, 4) is 17.2 Å². The van der Waals surface area contributed by atoms with Gasteiger partial charge in [0, 0.05) is 18.4 Å². The van der Waals surface area contributed by atoms with E-state index in [1.165, 1.54) is 37.4 Å². The molecular weight excluding hydrogens is 731 g/mol. The summed E-state index contributed by atoms with van der Waals surface area (Å²) in [5.74, 6) is -3.55. The van der Waals surface area contributed by atoms with Crippen LogP contribution in [0.25, 0.3) is 0 Å². The largest absolute Gasteiger partial charge is 0.619 e. The Kier molecular flexibility index (Phi) is 12.9. The number of pyridine rings is 1. The lowest BCUT2D eigenvalue weighted by molar-refractivity contribution is -0.605. The Morgan fingerprint density at radius 3 is 2.36 bits per heavy atom. The van der Waals surface area contributed by atoms with Crippen molar-refractivity contribution in [1.29, 1.82) is 0 Å². The van der Waals surface area contributed by atoms with Crippen LogP contribution in [0.3, 0.4) is 0 Å². The van der Waals surface area contributed by atoms with Gasteiger partial charge in [0.15, 0.2) is 30.5 Å². The molecule has 1 atom stereocenters. The van der Waals surface area contributed by atoms with Gasteiger partial charge in [-0.3, -0.25) is 9.52 Å². The summed E-state index contributed by atoms with van der Waals surface area (Å²) >= 11 is 12.5. The number of benzene rings is 2. The number of primary amides is 1. The molecule has 270 valence electrons. The van der Waals surface area contributed by atoms with Crippen molar-refractivity contribution >= 4 is 56.8 Å². The summed E-state index contributed by atoms with van der Waals surface area (Å²) in [5.41, 5.74) is 5.16. The predicted molar refractivity (Wildman–Crippen MR) is 174 cm³/mol. The van der Waals surface area contributed by atoms with Gasteiger partial charge < -0.3 is 34.6 Å². The fourth-order valence-electron chi connectivity index (χ4n) is 4.43. The topological polar surface area (TPSA) is 196 Å². The number of anilines is 1. The number of aromatic nitrogens is 1. The maximum atomic E-state index is 13.1. The van der Waals surface area contributed by atoms with E-state index in [0.717, 1.165) is 31.3 Å². The summed E-state index contributed by atoms with van der Waals surface area (Å²) in [5, 5.41) is 11.7. The van der Waals surface area contributed by atoms with Crippen molar-refractivity contribution in [2.75, 3.05) is 30.8 Å². The number of hydrogen-bond donors (Lipinski definition) is 2. The number of nitrogens with two attached hydrogens (primary N) is 1. The van der Waals surface area contributed by atoms with E-state index in [1.807, 2.05) is 0 Å². The molecule has 0 saturated heterocycles. The van der Waals surface area contributed by atoms with Gasteiger partial charge in [-0.1, -0.05) is 29.3 Å². The van der Waals surface area contributed by atoms with Gasteiger partial charge in [-0.15, -0.1) is 0 Å². The molecule has 3 aromatic rings. The van der Waals surface area contributed by atoms with Gasteiger partial charge in [0.1, 0.15) is 21.9 Å². The maximum Gasteiger partial charge on any atom is 0.387 e. The third-order valence-corrected chi connectivity index (χ3v) is 9.01. The second kappa shape index (κ2) is 16.9. The molecule has 3 N–H and O–H groups in total. The van der Waals surface area contributed by atoms with Gasteiger partial charge >= 0.3 is 18.6 Å². The predicted octanol–water partition coefficient (Wildman–Crippen LogP) is 4.33. The van der Waals surface area contributed by atoms with Gasteiger partial charge in [0.2, 0.25) is 15.9 Å². The normalized spacial score (nSPS) is 13.3. The van der Waals surface area contributed by atoms with Gasteiger partial charge in [-0.25, -0.2) is 18.0 Å². The minimum atomic E-state index is -4.07. The van der Waals surface area contributed by atoms with Crippen LogP contribution in [0.4, 0.5) is 14.5 Å². The third-order valence-electron chi connectivity index (χ3n) is 7.09. The number of sulfonamides is 1. The van der Waals surface area contributed by atoms with Crippen molar-refractivity contribution in [2.45, 2.75) is 38.4 Å². The van der Waals surface area contributed by atoms with Gasteiger partial charge in [-0.05, 0) is 54.7 Å². The number of nitrogens with one attached hydrogen (secondary N) is 1. The molecule has 1 fully saturated rings. The molecule has 1 aliphatic rings. The van der Waals surface area contributed by atoms with Crippen molar-refractivity contribution < 1.29 is 60.0 Å². The van der Waals surface area contributed by atoms with E-state index in [0.29, 0.717) is 4.73 Å². The van der Waals surface area contributed by atoms with Crippen LogP contribution in [-0.4, -0.2) is 59.0 Å². The molecule has 2 aromatic carbocycles. The molecular formula is C31H31Cl2F2N3O11S. The SMILES string of the molecule is COc1ccc(C(=O)OCC(=O)O[C@@H](Cc2c(Cl)c[n+]([O-])cc2Cl)c2ccc(OC(F)F)c(OCC3CC3)c2)cc1NS(=O)(=O)CCC(N)=O. The number of carbonyl (C=O) groups is 3. The Morgan fingerprint density at radius 2 is 1.74 bits per heavy atom.